The number of likely N-dealkylation sites (N-methyl/N-ethyl adjacent to an activating group) is 1. The Morgan fingerprint density at radius 2 is 2.33 bits per heavy atom. The minimum absolute atomic E-state index is 0.133. The molecule has 0 aliphatic carbocycles. The van der Waals surface area contributed by atoms with Gasteiger partial charge in [0, 0.05) is 31.6 Å². The maximum atomic E-state index is 12.5. The van der Waals surface area contributed by atoms with Crippen LogP contribution in [0.5, 0.6) is 0 Å². The number of thiophene rings is 1. The van der Waals surface area contributed by atoms with Crippen molar-refractivity contribution in [3.05, 3.63) is 22.4 Å². The molecule has 0 bridgehead atoms. The summed E-state index contributed by atoms with van der Waals surface area (Å²) in [4.78, 5) is 16.9. The third-order valence-corrected chi connectivity index (χ3v) is 5.31. The quantitative estimate of drug-likeness (QED) is 0.836. The van der Waals surface area contributed by atoms with Crippen LogP contribution in [0.15, 0.2) is 16.8 Å². The van der Waals surface area contributed by atoms with E-state index in [1.165, 1.54) is 6.42 Å². The van der Waals surface area contributed by atoms with Gasteiger partial charge in [-0.05, 0) is 42.3 Å². The summed E-state index contributed by atoms with van der Waals surface area (Å²) in [5.74, 6) is 0.263. The minimum Gasteiger partial charge on any atom is -0.379 e. The SMILES string of the molecule is CN1CCOC[C@@]2(CCCN(C(=O)Cc3ccsc3)C2)C1. The molecule has 0 radical (unpaired) electrons. The highest BCUT2D eigenvalue weighted by Crippen LogP contribution is 2.32. The molecule has 1 aromatic heterocycles. The van der Waals surface area contributed by atoms with Gasteiger partial charge in [-0.15, -0.1) is 0 Å². The van der Waals surface area contributed by atoms with Gasteiger partial charge in [0.15, 0.2) is 0 Å². The van der Waals surface area contributed by atoms with Crippen molar-refractivity contribution in [1.29, 1.82) is 0 Å². The first kappa shape index (κ1) is 15.0. The zero-order valence-corrected chi connectivity index (χ0v) is 13.5. The first-order chi connectivity index (χ1) is 10.2. The number of carbonyl (C=O) groups excluding carboxylic acids is 1. The van der Waals surface area contributed by atoms with Crippen molar-refractivity contribution in [2.24, 2.45) is 5.41 Å². The van der Waals surface area contributed by atoms with Crippen LogP contribution in [0, 0.1) is 5.41 Å². The Morgan fingerprint density at radius 1 is 1.43 bits per heavy atom. The summed E-state index contributed by atoms with van der Waals surface area (Å²) in [6.07, 6.45) is 2.79. The van der Waals surface area contributed by atoms with Gasteiger partial charge < -0.3 is 14.5 Å². The Balaban J connectivity index is 1.65. The molecule has 1 amide bonds. The monoisotopic (exact) mass is 308 g/mol. The van der Waals surface area contributed by atoms with E-state index in [1.807, 2.05) is 11.4 Å². The number of ether oxygens (including phenoxy) is 1. The molecule has 2 fully saturated rings. The van der Waals surface area contributed by atoms with Gasteiger partial charge >= 0.3 is 0 Å². The Kier molecular flexibility index (Phi) is 4.62. The van der Waals surface area contributed by atoms with Gasteiger partial charge in [-0.25, -0.2) is 0 Å². The van der Waals surface area contributed by atoms with Crippen LogP contribution in [0.2, 0.25) is 0 Å². The summed E-state index contributed by atoms with van der Waals surface area (Å²) >= 11 is 1.66. The fraction of sp³-hybridized carbons (Fsp3) is 0.688. The zero-order chi connectivity index (χ0) is 14.7. The average Bonchev–Trinajstić information content (AvgIpc) is 2.90. The molecular formula is C16H24N2O2S. The van der Waals surface area contributed by atoms with Gasteiger partial charge in [-0.2, -0.15) is 11.3 Å². The van der Waals surface area contributed by atoms with Gasteiger partial charge in [0.2, 0.25) is 5.91 Å². The molecule has 2 saturated heterocycles. The fourth-order valence-electron chi connectivity index (χ4n) is 3.55. The van der Waals surface area contributed by atoms with E-state index in [1.54, 1.807) is 11.3 Å². The standard InChI is InChI=1S/C16H24N2O2S/c1-17-6-7-20-13-16(11-17)4-2-5-18(12-16)15(19)9-14-3-8-21-10-14/h3,8,10H,2,4-7,9,11-13H2,1H3/t16-/m0/s1. The van der Waals surface area contributed by atoms with Crippen molar-refractivity contribution >= 4 is 17.2 Å². The van der Waals surface area contributed by atoms with E-state index in [4.69, 9.17) is 4.74 Å². The lowest BCUT2D eigenvalue weighted by Crippen LogP contribution is -2.52. The number of nitrogens with zero attached hydrogens (tertiary/aromatic N) is 2. The van der Waals surface area contributed by atoms with Gasteiger partial charge in [0.1, 0.15) is 0 Å². The second-order valence-corrected chi connectivity index (χ2v) is 7.30. The molecule has 1 atom stereocenters. The van der Waals surface area contributed by atoms with E-state index < -0.39 is 0 Å². The van der Waals surface area contributed by atoms with E-state index in [-0.39, 0.29) is 11.3 Å². The Hall–Kier alpha value is -0.910. The summed E-state index contributed by atoms with van der Waals surface area (Å²) in [5, 5.41) is 4.11. The maximum absolute atomic E-state index is 12.5. The molecule has 0 unspecified atom stereocenters. The van der Waals surface area contributed by atoms with Gasteiger partial charge in [-0.3, -0.25) is 4.79 Å². The van der Waals surface area contributed by atoms with Crippen LogP contribution in [0.3, 0.4) is 0 Å². The highest BCUT2D eigenvalue weighted by molar-refractivity contribution is 7.07. The molecule has 5 heteroatoms. The third kappa shape index (κ3) is 3.65. The van der Waals surface area contributed by atoms with E-state index in [2.05, 4.69) is 22.2 Å². The minimum atomic E-state index is 0.133. The van der Waals surface area contributed by atoms with E-state index in [9.17, 15) is 4.79 Å². The summed E-state index contributed by atoms with van der Waals surface area (Å²) in [6.45, 7) is 5.37. The van der Waals surface area contributed by atoms with Crippen LogP contribution < -0.4 is 0 Å². The summed E-state index contributed by atoms with van der Waals surface area (Å²) in [7, 11) is 2.16. The number of hydrogen-bond donors (Lipinski definition) is 0. The molecule has 21 heavy (non-hydrogen) atoms. The third-order valence-electron chi connectivity index (χ3n) is 4.58. The largest absolute Gasteiger partial charge is 0.379 e. The fourth-order valence-corrected chi connectivity index (χ4v) is 4.22. The smallest absolute Gasteiger partial charge is 0.227 e. The molecule has 0 aromatic carbocycles. The number of amides is 1. The Morgan fingerprint density at radius 3 is 3.14 bits per heavy atom. The summed E-state index contributed by atoms with van der Waals surface area (Å²) in [6, 6.07) is 2.05. The lowest BCUT2D eigenvalue weighted by atomic mass is 9.80. The molecule has 3 heterocycles. The second kappa shape index (κ2) is 6.46. The van der Waals surface area contributed by atoms with E-state index in [0.29, 0.717) is 6.42 Å². The maximum Gasteiger partial charge on any atom is 0.227 e. The molecule has 116 valence electrons. The first-order valence-corrected chi connectivity index (χ1v) is 8.66. The molecule has 1 aromatic rings. The molecule has 3 rings (SSSR count). The van der Waals surface area contributed by atoms with Crippen molar-refractivity contribution in [1.82, 2.24) is 9.80 Å². The van der Waals surface area contributed by atoms with Crippen molar-refractivity contribution in [3.8, 4) is 0 Å². The lowest BCUT2D eigenvalue weighted by Gasteiger charge is -2.43. The highest BCUT2D eigenvalue weighted by atomic mass is 32.1. The number of carbonyl (C=O) groups is 1. The molecule has 2 aliphatic heterocycles. The second-order valence-electron chi connectivity index (χ2n) is 6.52. The van der Waals surface area contributed by atoms with Crippen molar-refractivity contribution in [3.63, 3.8) is 0 Å². The van der Waals surface area contributed by atoms with E-state index in [0.717, 1.165) is 51.4 Å². The number of piperidine rings is 1. The average molecular weight is 308 g/mol. The molecule has 2 aliphatic rings. The Labute approximate surface area is 130 Å². The van der Waals surface area contributed by atoms with Crippen LogP contribution in [-0.4, -0.2) is 62.1 Å². The predicted octanol–water partition coefficient (Wildman–Crippen LogP) is 1.86. The van der Waals surface area contributed by atoms with E-state index >= 15 is 0 Å². The molecule has 1 spiro atoms. The Bertz CT molecular complexity index is 477. The predicted molar refractivity (Wildman–Crippen MR) is 84.6 cm³/mol. The van der Waals surface area contributed by atoms with Crippen molar-refractivity contribution in [2.45, 2.75) is 19.3 Å². The zero-order valence-electron chi connectivity index (χ0n) is 12.7. The van der Waals surface area contributed by atoms with Gasteiger partial charge in [0.05, 0.1) is 19.6 Å². The molecular weight excluding hydrogens is 284 g/mol. The van der Waals surface area contributed by atoms with Crippen LogP contribution in [-0.2, 0) is 16.0 Å². The highest BCUT2D eigenvalue weighted by Gasteiger charge is 2.39. The molecule has 0 saturated carbocycles. The summed E-state index contributed by atoms with van der Waals surface area (Å²) < 4.78 is 5.81. The number of likely N-dealkylation sites (tertiary alicyclic amines) is 1. The van der Waals surface area contributed by atoms with Crippen molar-refractivity contribution in [2.75, 3.05) is 46.4 Å². The number of rotatable bonds is 2. The number of hydrogen-bond acceptors (Lipinski definition) is 4. The lowest BCUT2D eigenvalue weighted by molar-refractivity contribution is -0.135. The van der Waals surface area contributed by atoms with Gasteiger partial charge in [-0.1, -0.05) is 0 Å². The normalized spacial score (nSPS) is 27.8. The van der Waals surface area contributed by atoms with Crippen LogP contribution in [0.4, 0.5) is 0 Å². The van der Waals surface area contributed by atoms with Crippen LogP contribution in [0.1, 0.15) is 18.4 Å². The molecule has 4 nitrogen and oxygen atoms in total. The first-order valence-electron chi connectivity index (χ1n) is 7.72. The van der Waals surface area contributed by atoms with Crippen LogP contribution in [0.25, 0.3) is 0 Å². The summed E-state index contributed by atoms with van der Waals surface area (Å²) in [5.41, 5.74) is 1.27. The topological polar surface area (TPSA) is 32.8 Å². The molecule has 0 N–H and O–H groups in total. The van der Waals surface area contributed by atoms with Crippen molar-refractivity contribution < 1.29 is 9.53 Å². The van der Waals surface area contributed by atoms with Gasteiger partial charge in [0.25, 0.3) is 0 Å². The van der Waals surface area contributed by atoms with Crippen LogP contribution >= 0.6 is 11.3 Å².